The van der Waals surface area contributed by atoms with Crippen LogP contribution in [0.4, 0.5) is 0 Å². The molecule has 1 N–H and O–H groups in total. The van der Waals surface area contributed by atoms with Gasteiger partial charge >= 0.3 is 5.97 Å². The van der Waals surface area contributed by atoms with Crippen molar-refractivity contribution in [3.63, 3.8) is 0 Å². The molecule has 1 aliphatic rings. The number of aliphatic carboxylic acids is 1. The Morgan fingerprint density at radius 2 is 2.40 bits per heavy atom. The highest BCUT2D eigenvalue weighted by atomic mass is 16.4. The molecule has 0 spiro atoms. The second-order valence-electron chi connectivity index (χ2n) is 5.50. The first kappa shape index (κ1) is 14.5. The maximum atomic E-state index is 10.6. The lowest BCUT2D eigenvalue weighted by molar-refractivity contribution is -0.137. The normalized spacial score (nSPS) is 20.5. The summed E-state index contributed by atoms with van der Waals surface area (Å²) in [4.78, 5) is 13.0. The van der Waals surface area contributed by atoms with Crippen LogP contribution in [0.2, 0.25) is 0 Å². The van der Waals surface area contributed by atoms with Gasteiger partial charge in [-0.15, -0.1) is 0 Å². The summed E-state index contributed by atoms with van der Waals surface area (Å²) in [7, 11) is 0. The van der Waals surface area contributed by atoms with Crippen LogP contribution in [0, 0.1) is 17.2 Å². The summed E-state index contributed by atoms with van der Waals surface area (Å²) in [6.07, 6.45) is 2.09. The highest BCUT2D eigenvalue weighted by Gasteiger charge is 2.27. The zero-order chi connectivity index (χ0) is 14.5. The number of nitrogens with zero attached hydrogens (tertiary/aromatic N) is 2. The van der Waals surface area contributed by atoms with Crippen molar-refractivity contribution in [1.29, 1.82) is 5.26 Å². The Labute approximate surface area is 119 Å². The number of carbonyl (C=O) groups is 1. The molecule has 2 atom stereocenters. The van der Waals surface area contributed by atoms with E-state index in [1.165, 1.54) is 0 Å². The second kappa shape index (κ2) is 6.53. The zero-order valence-electron chi connectivity index (χ0n) is 11.7. The lowest BCUT2D eigenvalue weighted by Crippen LogP contribution is -2.24. The number of hydrogen-bond acceptors (Lipinski definition) is 3. The van der Waals surface area contributed by atoms with E-state index < -0.39 is 5.97 Å². The van der Waals surface area contributed by atoms with Crippen LogP contribution in [-0.2, 0) is 4.79 Å². The lowest BCUT2D eigenvalue weighted by Gasteiger charge is -2.25. The average molecular weight is 272 g/mol. The van der Waals surface area contributed by atoms with Gasteiger partial charge in [0.15, 0.2) is 0 Å². The van der Waals surface area contributed by atoms with Crippen molar-refractivity contribution in [2.75, 3.05) is 13.1 Å². The minimum Gasteiger partial charge on any atom is -0.481 e. The zero-order valence-corrected chi connectivity index (χ0v) is 11.7. The summed E-state index contributed by atoms with van der Waals surface area (Å²) in [5, 5.41) is 17.7. The number of rotatable bonds is 5. The van der Waals surface area contributed by atoms with E-state index in [1.807, 2.05) is 18.2 Å². The Hall–Kier alpha value is -1.86. The first-order valence-electron chi connectivity index (χ1n) is 7.06. The number of likely N-dealkylation sites (tertiary alicyclic amines) is 1. The van der Waals surface area contributed by atoms with Crippen molar-refractivity contribution < 1.29 is 9.90 Å². The van der Waals surface area contributed by atoms with Crippen molar-refractivity contribution in [3.8, 4) is 6.07 Å². The maximum Gasteiger partial charge on any atom is 0.303 e. The molecule has 0 aromatic heterocycles. The minimum absolute atomic E-state index is 0.261. The Kier molecular flexibility index (Phi) is 4.75. The van der Waals surface area contributed by atoms with Crippen LogP contribution < -0.4 is 0 Å². The Morgan fingerprint density at radius 3 is 3.10 bits per heavy atom. The second-order valence-corrected chi connectivity index (χ2v) is 5.50. The van der Waals surface area contributed by atoms with Gasteiger partial charge in [-0.25, -0.2) is 0 Å². The number of carboxylic acid groups (broad SMARTS) is 1. The number of nitriles is 1. The van der Waals surface area contributed by atoms with Gasteiger partial charge in [0.2, 0.25) is 0 Å². The molecule has 4 heteroatoms. The minimum atomic E-state index is -0.710. The molecule has 1 saturated heterocycles. The molecular formula is C16H20N2O2. The Bertz CT molecular complexity index is 521. The van der Waals surface area contributed by atoms with E-state index in [-0.39, 0.29) is 12.5 Å². The summed E-state index contributed by atoms with van der Waals surface area (Å²) < 4.78 is 0. The molecule has 2 unspecified atom stereocenters. The molecule has 20 heavy (non-hydrogen) atoms. The summed E-state index contributed by atoms with van der Waals surface area (Å²) >= 11 is 0. The molecule has 0 aliphatic carbocycles. The van der Waals surface area contributed by atoms with E-state index in [1.54, 1.807) is 0 Å². The molecule has 4 nitrogen and oxygen atoms in total. The fraction of sp³-hybridized carbons (Fsp3) is 0.500. The van der Waals surface area contributed by atoms with E-state index in [0.717, 1.165) is 31.5 Å². The average Bonchev–Trinajstić information content (AvgIpc) is 2.93. The van der Waals surface area contributed by atoms with Crippen molar-refractivity contribution in [2.24, 2.45) is 5.92 Å². The highest BCUT2D eigenvalue weighted by molar-refractivity contribution is 5.66. The molecule has 106 valence electrons. The predicted molar refractivity (Wildman–Crippen MR) is 76.1 cm³/mol. The topological polar surface area (TPSA) is 64.3 Å². The van der Waals surface area contributed by atoms with Gasteiger partial charge in [-0.2, -0.15) is 5.26 Å². The van der Waals surface area contributed by atoms with E-state index in [4.69, 9.17) is 10.4 Å². The first-order chi connectivity index (χ1) is 9.60. The van der Waals surface area contributed by atoms with Crippen LogP contribution in [0.1, 0.15) is 43.4 Å². The summed E-state index contributed by atoms with van der Waals surface area (Å²) in [5.74, 6) is -0.231. The predicted octanol–water partition coefficient (Wildman–Crippen LogP) is 2.81. The number of benzene rings is 1. The number of carboxylic acids is 1. The van der Waals surface area contributed by atoms with Gasteiger partial charge in [0.25, 0.3) is 0 Å². The standard InChI is InChI=1S/C16H20N2O2/c1-12(15-4-2-3-14(9-15)10-17)18-8-7-13(11-18)5-6-16(19)20/h2-4,9,12-13H,5-8,11H2,1H3,(H,19,20). The van der Waals surface area contributed by atoms with Gasteiger partial charge in [0.1, 0.15) is 0 Å². The van der Waals surface area contributed by atoms with Gasteiger partial charge < -0.3 is 5.11 Å². The maximum absolute atomic E-state index is 10.6. The van der Waals surface area contributed by atoms with Gasteiger partial charge in [0, 0.05) is 19.0 Å². The van der Waals surface area contributed by atoms with E-state index >= 15 is 0 Å². The molecule has 0 bridgehead atoms. The molecule has 1 aromatic rings. The molecule has 1 aromatic carbocycles. The summed E-state index contributed by atoms with van der Waals surface area (Å²) in [5.41, 5.74) is 1.85. The lowest BCUT2D eigenvalue weighted by atomic mass is 10.0. The fourth-order valence-electron chi connectivity index (χ4n) is 2.86. The van der Waals surface area contributed by atoms with Crippen LogP contribution in [-0.4, -0.2) is 29.1 Å². The summed E-state index contributed by atoms with van der Waals surface area (Å²) in [6, 6.07) is 10.2. The molecule has 2 rings (SSSR count). The summed E-state index contributed by atoms with van der Waals surface area (Å²) in [6.45, 7) is 4.10. The highest BCUT2D eigenvalue weighted by Crippen LogP contribution is 2.29. The smallest absolute Gasteiger partial charge is 0.303 e. The Morgan fingerprint density at radius 1 is 1.60 bits per heavy atom. The van der Waals surface area contributed by atoms with Crippen molar-refractivity contribution in [2.45, 2.75) is 32.2 Å². The van der Waals surface area contributed by atoms with E-state index in [9.17, 15) is 4.79 Å². The van der Waals surface area contributed by atoms with Crippen LogP contribution in [0.15, 0.2) is 24.3 Å². The van der Waals surface area contributed by atoms with E-state index in [0.29, 0.717) is 11.5 Å². The molecule has 1 fully saturated rings. The van der Waals surface area contributed by atoms with Crippen molar-refractivity contribution >= 4 is 5.97 Å². The number of hydrogen-bond donors (Lipinski definition) is 1. The van der Waals surface area contributed by atoms with Crippen LogP contribution in [0.5, 0.6) is 0 Å². The van der Waals surface area contributed by atoms with Gasteiger partial charge in [-0.1, -0.05) is 12.1 Å². The molecule has 0 amide bonds. The first-order valence-corrected chi connectivity index (χ1v) is 7.06. The molecule has 0 radical (unpaired) electrons. The SMILES string of the molecule is CC(c1cccc(C#N)c1)N1CCC(CCC(=O)O)C1. The van der Waals surface area contributed by atoms with Gasteiger partial charge in [-0.05, 0) is 49.9 Å². The van der Waals surface area contributed by atoms with Crippen molar-refractivity contribution in [3.05, 3.63) is 35.4 Å². The Balaban J connectivity index is 1.95. The third-order valence-electron chi connectivity index (χ3n) is 4.13. The molecule has 1 heterocycles. The third-order valence-corrected chi connectivity index (χ3v) is 4.13. The van der Waals surface area contributed by atoms with Crippen molar-refractivity contribution in [1.82, 2.24) is 4.90 Å². The van der Waals surface area contributed by atoms with Crippen LogP contribution in [0.3, 0.4) is 0 Å². The monoisotopic (exact) mass is 272 g/mol. The van der Waals surface area contributed by atoms with Crippen LogP contribution >= 0.6 is 0 Å². The largest absolute Gasteiger partial charge is 0.481 e. The molecule has 0 saturated carbocycles. The third kappa shape index (κ3) is 3.58. The van der Waals surface area contributed by atoms with E-state index in [2.05, 4.69) is 24.0 Å². The van der Waals surface area contributed by atoms with Crippen LogP contribution in [0.25, 0.3) is 0 Å². The van der Waals surface area contributed by atoms with Gasteiger partial charge in [-0.3, -0.25) is 9.69 Å². The van der Waals surface area contributed by atoms with Gasteiger partial charge in [0.05, 0.1) is 11.6 Å². The molecular weight excluding hydrogens is 252 g/mol. The molecule has 1 aliphatic heterocycles. The fourth-order valence-corrected chi connectivity index (χ4v) is 2.86. The quantitative estimate of drug-likeness (QED) is 0.895.